The molecule has 0 aliphatic rings. The summed E-state index contributed by atoms with van der Waals surface area (Å²) in [5.74, 6) is 0.957. The topological polar surface area (TPSA) is 68.2 Å². The lowest BCUT2D eigenvalue weighted by Crippen LogP contribution is -2.27. The van der Waals surface area contributed by atoms with Crippen molar-refractivity contribution in [2.75, 3.05) is 26.7 Å². The number of nitrogens with one attached hydrogen (secondary N) is 2. The average Bonchev–Trinajstić information content (AvgIpc) is 3.36. The molecule has 1 heterocycles. The third kappa shape index (κ3) is 8.04. The molecule has 6 nitrogen and oxygen atoms in total. The number of carbonyl (C=O) groups is 1. The van der Waals surface area contributed by atoms with E-state index in [0.29, 0.717) is 13.0 Å². The van der Waals surface area contributed by atoms with Crippen LogP contribution in [0.25, 0.3) is 11.8 Å². The highest BCUT2D eigenvalue weighted by Crippen LogP contribution is 2.13. The van der Waals surface area contributed by atoms with Crippen LogP contribution >= 0.6 is 0 Å². The number of hydrogen-bond donors (Lipinski definition) is 2. The van der Waals surface area contributed by atoms with Crippen LogP contribution in [0.5, 0.6) is 5.75 Å². The first-order valence-corrected chi connectivity index (χ1v) is 11.1. The lowest BCUT2D eigenvalue weighted by molar-refractivity contribution is -0.120. The number of ether oxygens (including phenoxy) is 1. The van der Waals surface area contributed by atoms with Crippen LogP contribution in [0.2, 0.25) is 0 Å². The van der Waals surface area contributed by atoms with Crippen LogP contribution in [-0.2, 0) is 11.2 Å². The molecule has 0 atom stereocenters. The van der Waals surface area contributed by atoms with Crippen molar-refractivity contribution in [3.8, 4) is 11.4 Å². The average molecular weight is 433 g/mol. The number of carbonyl (C=O) groups excluding carboxylic acids is 1. The van der Waals surface area contributed by atoms with Gasteiger partial charge >= 0.3 is 0 Å². The molecule has 0 unspecified atom stereocenters. The van der Waals surface area contributed by atoms with Crippen molar-refractivity contribution in [3.63, 3.8) is 0 Å². The summed E-state index contributed by atoms with van der Waals surface area (Å²) in [5.41, 5.74) is 3.42. The number of imidazole rings is 1. The number of methoxy groups -OCH3 is 1. The first-order valence-electron chi connectivity index (χ1n) is 11.1. The fourth-order valence-corrected chi connectivity index (χ4v) is 3.36. The van der Waals surface area contributed by atoms with Gasteiger partial charge in [0.15, 0.2) is 0 Å². The minimum atomic E-state index is 0.0503. The van der Waals surface area contributed by atoms with Crippen molar-refractivity contribution < 1.29 is 9.53 Å². The summed E-state index contributed by atoms with van der Waals surface area (Å²) in [6.07, 6.45) is 12.7. The highest BCUT2D eigenvalue weighted by Gasteiger charge is 1.99. The molecule has 0 fully saturated rings. The second-order valence-corrected chi connectivity index (χ2v) is 7.58. The minimum absolute atomic E-state index is 0.0503. The highest BCUT2D eigenvalue weighted by molar-refractivity contribution is 5.78. The molecule has 2 N–H and O–H groups in total. The maximum absolute atomic E-state index is 12.0. The normalized spacial score (nSPS) is 11.0. The zero-order valence-electron chi connectivity index (χ0n) is 18.7. The van der Waals surface area contributed by atoms with Crippen LogP contribution < -0.4 is 15.4 Å². The minimum Gasteiger partial charge on any atom is -0.497 e. The van der Waals surface area contributed by atoms with E-state index in [4.69, 9.17) is 4.74 Å². The van der Waals surface area contributed by atoms with Crippen molar-refractivity contribution in [1.82, 2.24) is 20.2 Å². The Balaban J connectivity index is 1.22. The predicted molar refractivity (Wildman–Crippen MR) is 129 cm³/mol. The van der Waals surface area contributed by atoms with E-state index >= 15 is 0 Å². The molecule has 1 aromatic heterocycles. The smallest absolute Gasteiger partial charge is 0.223 e. The molecule has 0 saturated carbocycles. The molecule has 0 aliphatic heterocycles. The van der Waals surface area contributed by atoms with Gasteiger partial charge in [-0.25, -0.2) is 4.98 Å². The lowest BCUT2D eigenvalue weighted by Gasteiger charge is -2.07. The molecule has 0 aliphatic carbocycles. The molecular weight excluding hydrogens is 400 g/mol. The van der Waals surface area contributed by atoms with E-state index in [1.807, 2.05) is 59.3 Å². The van der Waals surface area contributed by atoms with Gasteiger partial charge in [0.1, 0.15) is 5.75 Å². The molecule has 0 spiro atoms. The first kappa shape index (κ1) is 23.3. The summed E-state index contributed by atoms with van der Waals surface area (Å²) in [6, 6.07) is 16.3. The summed E-state index contributed by atoms with van der Waals surface area (Å²) in [7, 11) is 1.69. The van der Waals surface area contributed by atoms with Gasteiger partial charge < -0.3 is 19.9 Å². The monoisotopic (exact) mass is 432 g/mol. The molecule has 0 bridgehead atoms. The fourth-order valence-electron chi connectivity index (χ4n) is 3.36. The molecule has 0 saturated heterocycles. The van der Waals surface area contributed by atoms with Gasteiger partial charge in [-0.15, -0.1) is 0 Å². The number of rotatable bonds is 13. The molecule has 2 aromatic carbocycles. The van der Waals surface area contributed by atoms with Gasteiger partial charge in [-0.3, -0.25) is 4.79 Å². The zero-order chi connectivity index (χ0) is 22.4. The Morgan fingerprint density at radius 1 is 1.09 bits per heavy atom. The fraction of sp³-hybridized carbons (Fsp3) is 0.308. The van der Waals surface area contributed by atoms with Gasteiger partial charge in [-0.05, 0) is 67.7 Å². The number of hydrogen-bond acceptors (Lipinski definition) is 4. The van der Waals surface area contributed by atoms with Crippen molar-refractivity contribution in [2.45, 2.75) is 25.7 Å². The standard InChI is InChI=1S/C26H32N4O2/c1-32-25-9-2-7-23(20-25)8-4-15-27-16-5-17-29-26(31)10-3-6-22-11-13-24(14-12-22)30-19-18-28-21-30/h2-3,6-7,9,11-14,18-21,27H,4-5,8,10,15-17H2,1H3,(H,29,31)/b6-3+. The Bertz CT molecular complexity index is 966. The highest BCUT2D eigenvalue weighted by atomic mass is 16.5. The SMILES string of the molecule is COc1cccc(CCCNCCCNC(=O)C/C=C/c2ccc(-n3ccnc3)cc2)c1. The van der Waals surface area contributed by atoms with Crippen LogP contribution in [-0.4, -0.2) is 42.2 Å². The van der Waals surface area contributed by atoms with E-state index in [9.17, 15) is 4.79 Å². The van der Waals surface area contributed by atoms with E-state index in [2.05, 4.69) is 27.8 Å². The van der Waals surface area contributed by atoms with Crippen LogP contribution in [0.15, 0.2) is 73.3 Å². The van der Waals surface area contributed by atoms with Crippen molar-refractivity contribution in [2.24, 2.45) is 0 Å². The summed E-state index contributed by atoms with van der Waals surface area (Å²) in [5, 5.41) is 6.41. The Hall–Kier alpha value is -3.38. The molecule has 3 rings (SSSR count). The summed E-state index contributed by atoms with van der Waals surface area (Å²) in [6.45, 7) is 2.56. The van der Waals surface area contributed by atoms with Gasteiger partial charge in [0.25, 0.3) is 0 Å². The Labute approximate surface area is 190 Å². The number of benzene rings is 2. The Kier molecular flexibility index (Phi) is 9.55. The second kappa shape index (κ2) is 13.1. The van der Waals surface area contributed by atoms with Crippen LogP contribution in [0, 0.1) is 0 Å². The number of aromatic nitrogens is 2. The maximum Gasteiger partial charge on any atom is 0.223 e. The van der Waals surface area contributed by atoms with E-state index in [-0.39, 0.29) is 5.91 Å². The van der Waals surface area contributed by atoms with E-state index in [0.717, 1.165) is 49.4 Å². The Morgan fingerprint density at radius 2 is 1.94 bits per heavy atom. The van der Waals surface area contributed by atoms with E-state index in [1.165, 1.54) is 5.56 Å². The van der Waals surface area contributed by atoms with Gasteiger partial charge in [0, 0.05) is 31.0 Å². The second-order valence-electron chi connectivity index (χ2n) is 7.58. The third-order valence-electron chi connectivity index (χ3n) is 5.11. The van der Waals surface area contributed by atoms with Gasteiger partial charge in [-0.1, -0.05) is 36.4 Å². The largest absolute Gasteiger partial charge is 0.497 e. The number of nitrogens with zero attached hydrogens (tertiary/aromatic N) is 2. The molecule has 32 heavy (non-hydrogen) atoms. The van der Waals surface area contributed by atoms with Gasteiger partial charge in [0.05, 0.1) is 13.4 Å². The van der Waals surface area contributed by atoms with E-state index < -0.39 is 0 Å². The molecular formula is C26H32N4O2. The molecule has 1 amide bonds. The Morgan fingerprint density at radius 3 is 2.72 bits per heavy atom. The zero-order valence-corrected chi connectivity index (χ0v) is 18.7. The summed E-state index contributed by atoms with van der Waals surface area (Å²) in [4.78, 5) is 16.0. The van der Waals surface area contributed by atoms with Crippen molar-refractivity contribution in [1.29, 1.82) is 0 Å². The molecule has 168 valence electrons. The van der Waals surface area contributed by atoms with Crippen molar-refractivity contribution in [3.05, 3.63) is 84.5 Å². The number of aryl methyl sites for hydroxylation is 1. The van der Waals surface area contributed by atoms with Crippen molar-refractivity contribution >= 4 is 12.0 Å². The van der Waals surface area contributed by atoms with E-state index in [1.54, 1.807) is 19.6 Å². The molecule has 0 radical (unpaired) electrons. The van der Waals surface area contributed by atoms with Crippen LogP contribution in [0.4, 0.5) is 0 Å². The quantitative estimate of drug-likeness (QED) is 0.401. The van der Waals surface area contributed by atoms with Gasteiger partial charge in [0.2, 0.25) is 5.91 Å². The van der Waals surface area contributed by atoms with Crippen LogP contribution in [0.1, 0.15) is 30.4 Å². The number of amides is 1. The maximum atomic E-state index is 12.0. The molecule has 6 heteroatoms. The van der Waals surface area contributed by atoms with Gasteiger partial charge in [-0.2, -0.15) is 0 Å². The third-order valence-corrected chi connectivity index (χ3v) is 5.11. The predicted octanol–water partition coefficient (Wildman–Crippen LogP) is 4.01. The summed E-state index contributed by atoms with van der Waals surface area (Å²) >= 11 is 0. The lowest BCUT2D eigenvalue weighted by atomic mass is 10.1. The summed E-state index contributed by atoms with van der Waals surface area (Å²) < 4.78 is 7.21. The van der Waals surface area contributed by atoms with Crippen LogP contribution in [0.3, 0.4) is 0 Å². The first-order chi connectivity index (χ1) is 15.7. The molecule has 3 aromatic rings.